The normalized spacial score (nSPS) is 14.5. The molecule has 6 heteroatoms. The van der Waals surface area contributed by atoms with Crippen LogP contribution in [0.2, 0.25) is 0 Å². The molecule has 0 saturated heterocycles. The zero-order valence-corrected chi connectivity index (χ0v) is 14.5. The number of hydrogen-bond donors (Lipinski definition) is 1. The van der Waals surface area contributed by atoms with E-state index in [4.69, 9.17) is 0 Å². The van der Waals surface area contributed by atoms with Gasteiger partial charge in [-0.05, 0) is 25.8 Å². The van der Waals surface area contributed by atoms with Crippen LogP contribution >= 0.6 is 11.8 Å². The smallest absolute Gasteiger partial charge is 0.191 e. The van der Waals surface area contributed by atoms with Gasteiger partial charge in [0.2, 0.25) is 0 Å². The fourth-order valence-corrected chi connectivity index (χ4v) is 4.26. The lowest BCUT2D eigenvalue weighted by molar-refractivity contribution is 0.102. The molecular formula is C18H20N4OS. The molecule has 0 spiro atoms. The number of nitrogens with zero attached hydrogens (tertiary/aromatic N) is 3. The van der Waals surface area contributed by atoms with Crippen molar-refractivity contribution >= 4 is 28.4 Å². The number of Topliss-reactive ketones (excluding diaryl/α,β-unsaturated/α-hetero) is 1. The summed E-state index contributed by atoms with van der Waals surface area (Å²) >= 11 is 1.50. The van der Waals surface area contributed by atoms with Gasteiger partial charge in [0.25, 0.3) is 0 Å². The first-order valence-corrected chi connectivity index (χ1v) is 9.38. The average molecular weight is 340 g/mol. The molecule has 124 valence electrons. The summed E-state index contributed by atoms with van der Waals surface area (Å²) in [6.45, 7) is 2.92. The number of thioether (sulfide) groups is 1. The number of rotatable bonds is 4. The first kappa shape index (κ1) is 15.4. The molecule has 0 fully saturated rings. The topological polar surface area (TPSA) is 63.6 Å². The Morgan fingerprint density at radius 1 is 1.25 bits per heavy atom. The van der Waals surface area contributed by atoms with Crippen LogP contribution in [0.5, 0.6) is 0 Å². The number of ketones is 1. The molecule has 1 aromatic carbocycles. The number of carbonyl (C=O) groups excluding carboxylic acids is 1. The van der Waals surface area contributed by atoms with Crippen molar-refractivity contribution < 1.29 is 4.79 Å². The number of aromatic nitrogens is 4. The second kappa shape index (κ2) is 6.43. The molecule has 0 unspecified atom stereocenters. The van der Waals surface area contributed by atoms with E-state index in [0.29, 0.717) is 5.75 Å². The standard InChI is InChI=1S/C18H20N4OS/c1-12-17(13-7-4-5-8-14(13)19-12)15(23)11-24-18-21-20-16-9-3-2-6-10-22(16)18/h4-5,7-8,19H,2-3,6,9-11H2,1H3. The molecule has 0 saturated carbocycles. The monoisotopic (exact) mass is 340 g/mol. The van der Waals surface area contributed by atoms with E-state index in [1.54, 1.807) is 0 Å². The lowest BCUT2D eigenvalue weighted by Crippen LogP contribution is -2.07. The van der Waals surface area contributed by atoms with Gasteiger partial charge in [0, 0.05) is 35.1 Å². The Kier molecular flexibility index (Phi) is 4.14. The third-order valence-corrected chi connectivity index (χ3v) is 5.55. The van der Waals surface area contributed by atoms with Crippen molar-refractivity contribution in [2.24, 2.45) is 0 Å². The molecule has 1 aliphatic heterocycles. The van der Waals surface area contributed by atoms with Crippen LogP contribution in [0.25, 0.3) is 10.9 Å². The number of fused-ring (bicyclic) bond motifs is 2. The summed E-state index contributed by atoms with van der Waals surface area (Å²) in [4.78, 5) is 16.1. The van der Waals surface area contributed by atoms with Gasteiger partial charge in [-0.3, -0.25) is 4.79 Å². The van der Waals surface area contributed by atoms with Crippen LogP contribution in [0.15, 0.2) is 29.4 Å². The highest BCUT2D eigenvalue weighted by Crippen LogP contribution is 2.26. The van der Waals surface area contributed by atoms with Crippen LogP contribution in [0.3, 0.4) is 0 Å². The van der Waals surface area contributed by atoms with Gasteiger partial charge in [-0.1, -0.05) is 36.4 Å². The Morgan fingerprint density at radius 2 is 2.12 bits per heavy atom. The van der Waals surface area contributed by atoms with Gasteiger partial charge in [0.05, 0.1) is 5.75 Å². The van der Waals surface area contributed by atoms with Crippen LogP contribution in [0, 0.1) is 6.92 Å². The highest BCUT2D eigenvalue weighted by molar-refractivity contribution is 7.99. The molecule has 0 radical (unpaired) electrons. The van der Waals surface area contributed by atoms with Crippen molar-refractivity contribution in [1.29, 1.82) is 0 Å². The molecule has 1 aliphatic rings. The van der Waals surface area contributed by atoms with E-state index in [-0.39, 0.29) is 5.78 Å². The van der Waals surface area contributed by atoms with Crippen molar-refractivity contribution in [1.82, 2.24) is 19.7 Å². The minimum atomic E-state index is 0.140. The molecule has 0 aliphatic carbocycles. The molecule has 5 nitrogen and oxygen atoms in total. The minimum absolute atomic E-state index is 0.140. The summed E-state index contributed by atoms with van der Waals surface area (Å²) in [6, 6.07) is 7.95. The van der Waals surface area contributed by atoms with E-state index in [2.05, 4.69) is 19.7 Å². The molecule has 4 rings (SSSR count). The van der Waals surface area contributed by atoms with E-state index in [1.807, 2.05) is 31.2 Å². The summed E-state index contributed by atoms with van der Waals surface area (Å²) in [5.41, 5.74) is 2.75. The first-order chi connectivity index (χ1) is 11.7. The zero-order chi connectivity index (χ0) is 16.5. The van der Waals surface area contributed by atoms with Gasteiger partial charge in [-0.2, -0.15) is 0 Å². The average Bonchev–Trinajstić information content (AvgIpc) is 3.03. The summed E-state index contributed by atoms with van der Waals surface area (Å²) in [7, 11) is 0. The second-order valence-electron chi connectivity index (χ2n) is 6.24. The number of para-hydroxylation sites is 1. The molecule has 0 amide bonds. The summed E-state index contributed by atoms with van der Waals surface area (Å²) in [5, 5.41) is 10.5. The van der Waals surface area contributed by atoms with Gasteiger partial charge in [0.1, 0.15) is 5.82 Å². The first-order valence-electron chi connectivity index (χ1n) is 8.39. The third kappa shape index (κ3) is 2.75. The zero-order valence-electron chi connectivity index (χ0n) is 13.7. The van der Waals surface area contributed by atoms with Crippen molar-refractivity contribution in [2.45, 2.75) is 44.3 Å². The highest BCUT2D eigenvalue weighted by Gasteiger charge is 2.19. The van der Waals surface area contributed by atoms with Crippen molar-refractivity contribution in [3.63, 3.8) is 0 Å². The SMILES string of the molecule is Cc1[nH]c2ccccc2c1C(=O)CSc1nnc2n1CCCCC2. The van der Waals surface area contributed by atoms with E-state index in [9.17, 15) is 4.79 Å². The highest BCUT2D eigenvalue weighted by atomic mass is 32.2. The minimum Gasteiger partial charge on any atom is -0.358 e. The Hall–Kier alpha value is -2.08. The number of aryl methyl sites for hydroxylation is 2. The number of carbonyl (C=O) groups is 1. The maximum Gasteiger partial charge on any atom is 0.191 e. The predicted molar refractivity (Wildman–Crippen MR) is 95.7 cm³/mol. The largest absolute Gasteiger partial charge is 0.358 e. The van der Waals surface area contributed by atoms with E-state index >= 15 is 0 Å². The van der Waals surface area contributed by atoms with Crippen LogP contribution in [0.4, 0.5) is 0 Å². The molecule has 0 atom stereocenters. The van der Waals surface area contributed by atoms with Gasteiger partial charge in [0.15, 0.2) is 10.9 Å². The van der Waals surface area contributed by atoms with Crippen molar-refractivity contribution in [3.8, 4) is 0 Å². The molecule has 0 bridgehead atoms. The lowest BCUT2D eigenvalue weighted by atomic mass is 10.1. The van der Waals surface area contributed by atoms with Crippen LogP contribution < -0.4 is 0 Å². The quantitative estimate of drug-likeness (QED) is 0.580. The Balaban J connectivity index is 1.55. The van der Waals surface area contributed by atoms with Gasteiger partial charge in [-0.15, -0.1) is 10.2 Å². The molecule has 3 aromatic rings. The van der Waals surface area contributed by atoms with Crippen molar-refractivity contribution in [2.75, 3.05) is 5.75 Å². The summed E-state index contributed by atoms with van der Waals surface area (Å²) < 4.78 is 2.19. The second-order valence-corrected chi connectivity index (χ2v) is 7.19. The van der Waals surface area contributed by atoms with E-state index < -0.39 is 0 Å². The maximum atomic E-state index is 12.8. The number of hydrogen-bond acceptors (Lipinski definition) is 4. The maximum absolute atomic E-state index is 12.8. The van der Waals surface area contributed by atoms with Crippen LogP contribution in [-0.2, 0) is 13.0 Å². The predicted octanol–water partition coefficient (Wildman–Crippen LogP) is 3.77. The number of aromatic amines is 1. The van der Waals surface area contributed by atoms with E-state index in [1.165, 1.54) is 24.6 Å². The number of nitrogens with one attached hydrogen (secondary N) is 1. The van der Waals surface area contributed by atoms with Crippen LogP contribution in [0.1, 0.15) is 41.1 Å². The number of benzene rings is 1. The van der Waals surface area contributed by atoms with Gasteiger partial charge < -0.3 is 9.55 Å². The number of H-pyrrole nitrogens is 1. The van der Waals surface area contributed by atoms with Crippen molar-refractivity contribution in [3.05, 3.63) is 41.3 Å². The van der Waals surface area contributed by atoms with Gasteiger partial charge >= 0.3 is 0 Å². The molecule has 1 N–H and O–H groups in total. The summed E-state index contributed by atoms with van der Waals surface area (Å²) in [6.07, 6.45) is 4.56. The van der Waals surface area contributed by atoms with E-state index in [0.717, 1.165) is 52.5 Å². The van der Waals surface area contributed by atoms with Crippen LogP contribution in [-0.4, -0.2) is 31.3 Å². The molecule has 2 aromatic heterocycles. The fraction of sp³-hybridized carbons (Fsp3) is 0.389. The molecular weight excluding hydrogens is 320 g/mol. The lowest BCUT2D eigenvalue weighted by Gasteiger charge is -2.06. The summed E-state index contributed by atoms with van der Waals surface area (Å²) in [5.74, 6) is 1.59. The van der Waals surface area contributed by atoms with Gasteiger partial charge in [-0.25, -0.2) is 0 Å². The third-order valence-electron chi connectivity index (χ3n) is 4.58. The fourth-order valence-electron chi connectivity index (χ4n) is 3.40. The Bertz CT molecular complexity index is 896. The molecule has 24 heavy (non-hydrogen) atoms. The molecule has 3 heterocycles. The Labute approximate surface area is 144 Å². The Morgan fingerprint density at radius 3 is 3.04 bits per heavy atom.